The maximum atomic E-state index is 11.7. The summed E-state index contributed by atoms with van der Waals surface area (Å²) in [5.41, 5.74) is 0. The Labute approximate surface area is 94.4 Å². The number of thiophene rings is 1. The van der Waals surface area contributed by atoms with E-state index in [1.54, 1.807) is 29.4 Å². The molecular weight excluding hydrogens is 208 g/mol. The Morgan fingerprint density at radius 1 is 1.73 bits per heavy atom. The Hall–Kier alpha value is -1.13. The molecule has 0 saturated heterocycles. The summed E-state index contributed by atoms with van der Waals surface area (Å²) in [6.45, 7) is 5.30. The zero-order chi connectivity index (χ0) is 11.1. The minimum absolute atomic E-state index is 0.103. The van der Waals surface area contributed by atoms with Gasteiger partial charge in [0.15, 0.2) is 0 Å². The van der Waals surface area contributed by atoms with Crippen LogP contribution >= 0.6 is 11.3 Å². The molecular formula is C11H16N2OS. The van der Waals surface area contributed by atoms with Crippen LogP contribution in [0.5, 0.6) is 0 Å². The maximum absolute atomic E-state index is 11.7. The zero-order valence-corrected chi connectivity index (χ0v) is 9.72. The molecule has 0 bridgehead atoms. The average Bonchev–Trinajstić information content (AvgIpc) is 2.70. The van der Waals surface area contributed by atoms with Gasteiger partial charge < -0.3 is 10.2 Å². The Kier molecular flexibility index (Phi) is 5.07. The van der Waals surface area contributed by atoms with E-state index in [1.165, 1.54) is 4.88 Å². The quantitative estimate of drug-likeness (QED) is 0.742. The molecule has 0 unspecified atom stereocenters. The fraction of sp³-hybridized carbons (Fsp3) is 0.364. The molecule has 0 spiro atoms. The number of hydrogen-bond donors (Lipinski definition) is 1. The summed E-state index contributed by atoms with van der Waals surface area (Å²) in [5.74, 6) is 0.103. The molecule has 0 fully saturated rings. The minimum Gasteiger partial charge on any atom is -0.333 e. The third-order valence-corrected chi connectivity index (χ3v) is 2.82. The number of likely N-dealkylation sites (N-methyl/N-ethyl adjacent to an activating group) is 1. The van der Waals surface area contributed by atoms with Gasteiger partial charge in [0.1, 0.15) is 0 Å². The molecule has 15 heavy (non-hydrogen) atoms. The van der Waals surface area contributed by atoms with Gasteiger partial charge in [0.25, 0.3) is 0 Å². The zero-order valence-electron chi connectivity index (χ0n) is 8.90. The number of hydrogen-bond acceptors (Lipinski definition) is 3. The van der Waals surface area contributed by atoms with Gasteiger partial charge in [0.2, 0.25) is 5.91 Å². The highest BCUT2D eigenvalue weighted by Crippen LogP contribution is 2.11. The summed E-state index contributed by atoms with van der Waals surface area (Å²) in [7, 11) is 1.77. The second-order valence-corrected chi connectivity index (χ2v) is 4.20. The molecule has 0 atom stereocenters. The molecule has 1 N–H and O–H groups in total. The molecule has 1 heterocycles. The molecule has 0 aromatic carbocycles. The first-order valence-corrected chi connectivity index (χ1v) is 5.71. The molecule has 3 nitrogen and oxygen atoms in total. The first-order valence-electron chi connectivity index (χ1n) is 4.83. The van der Waals surface area contributed by atoms with Crippen LogP contribution in [0.3, 0.4) is 0 Å². The van der Waals surface area contributed by atoms with Crippen molar-refractivity contribution in [2.75, 3.05) is 20.1 Å². The van der Waals surface area contributed by atoms with E-state index in [0.717, 1.165) is 0 Å². The highest BCUT2D eigenvalue weighted by Gasteiger charge is 2.11. The van der Waals surface area contributed by atoms with Gasteiger partial charge in [-0.25, -0.2) is 0 Å². The average molecular weight is 224 g/mol. The monoisotopic (exact) mass is 224 g/mol. The van der Waals surface area contributed by atoms with E-state index < -0.39 is 0 Å². The van der Waals surface area contributed by atoms with Crippen molar-refractivity contribution < 1.29 is 4.79 Å². The molecule has 0 radical (unpaired) electrons. The van der Waals surface area contributed by atoms with E-state index in [1.807, 2.05) is 17.5 Å². The van der Waals surface area contributed by atoms with Crippen molar-refractivity contribution in [2.24, 2.45) is 0 Å². The van der Waals surface area contributed by atoms with E-state index in [9.17, 15) is 4.79 Å². The standard InChI is InChI=1S/C11H16N2OS/c1-3-6-13(11(14)8-12-2)9-10-5-4-7-15-10/h3-5,7,12H,1,6,8-9H2,2H3. The van der Waals surface area contributed by atoms with Crippen LogP contribution in [0.2, 0.25) is 0 Å². The summed E-state index contributed by atoms with van der Waals surface area (Å²) in [4.78, 5) is 14.7. The fourth-order valence-corrected chi connectivity index (χ4v) is 1.98. The van der Waals surface area contributed by atoms with Crippen molar-refractivity contribution in [1.82, 2.24) is 10.2 Å². The Morgan fingerprint density at radius 3 is 3.07 bits per heavy atom. The van der Waals surface area contributed by atoms with E-state index in [4.69, 9.17) is 0 Å². The number of carbonyl (C=O) groups excluding carboxylic acids is 1. The molecule has 82 valence electrons. The van der Waals surface area contributed by atoms with Gasteiger partial charge in [0.05, 0.1) is 13.1 Å². The SMILES string of the molecule is C=CCN(Cc1cccs1)C(=O)CNC. The van der Waals surface area contributed by atoms with Gasteiger partial charge in [0, 0.05) is 11.4 Å². The van der Waals surface area contributed by atoms with Crippen LogP contribution < -0.4 is 5.32 Å². The topological polar surface area (TPSA) is 32.3 Å². The van der Waals surface area contributed by atoms with Crippen LogP contribution in [0, 0.1) is 0 Å². The molecule has 0 saturated carbocycles. The van der Waals surface area contributed by atoms with Gasteiger partial charge >= 0.3 is 0 Å². The van der Waals surface area contributed by atoms with Crippen LogP contribution in [0.25, 0.3) is 0 Å². The van der Waals surface area contributed by atoms with Crippen molar-refractivity contribution in [3.8, 4) is 0 Å². The van der Waals surface area contributed by atoms with Crippen molar-refractivity contribution in [1.29, 1.82) is 0 Å². The maximum Gasteiger partial charge on any atom is 0.237 e. The molecule has 0 aliphatic rings. The minimum atomic E-state index is 0.103. The summed E-state index contributed by atoms with van der Waals surface area (Å²) in [6.07, 6.45) is 1.75. The van der Waals surface area contributed by atoms with Crippen molar-refractivity contribution in [3.63, 3.8) is 0 Å². The third kappa shape index (κ3) is 3.85. The van der Waals surface area contributed by atoms with Crippen LogP contribution in [0.1, 0.15) is 4.88 Å². The Morgan fingerprint density at radius 2 is 2.53 bits per heavy atom. The number of nitrogens with one attached hydrogen (secondary N) is 1. The summed E-state index contributed by atoms with van der Waals surface area (Å²) in [5, 5.41) is 4.88. The number of rotatable bonds is 6. The number of carbonyl (C=O) groups is 1. The lowest BCUT2D eigenvalue weighted by atomic mass is 10.3. The predicted octanol–water partition coefficient (Wildman–Crippen LogP) is 1.48. The lowest BCUT2D eigenvalue weighted by molar-refractivity contribution is -0.130. The smallest absolute Gasteiger partial charge is 0.237 e. The van der Waals surface area contributed by atoms with Crippen LogP contribution in [-0.2, 0) is 11.3 Å². The molecule has 1 aromatic heterocycles. The second-order valence-electron chi connectivity index (χ2n) is 3.17. The van der Waals surface area contributed by atoms with E-state index in [-0.39, 0.29) is 5.91 Å². The molecule has 0 aliphatic carbocycles. The van der Waals surface area contributed by atoms with Gasteiger partial charge in [-0.3, -0.25) is 4.79 Å². The molecule has 1 amide bonds. The van der Waals surface area contributed by atoms with Gasteiger partial charge in [-0.1, -0.05) is 12.1 Å². The largest absolute Gasteiger partial charge is 0.333 e. The van der Waals surface area contributed by atoms with E-state index in [2.05, 4.69) is 11.9 Å². The Balaban J connectivity index is 2.57. The van der Waals surface area contributed by atoms with Crippen LogP contribution in [0.15, 0.2) is 30.2 Å². The molecule has 4 heteroatoms. The lowest BCUT2D eigenvalue weighted by Gasteiger charge is -2.20. The molecule has 0 aliphatic heterocycles. The summed E-state index contributed by atoms with van der Waals surface area (Å²) >= 11 is 1.66. The summed E-state index contributed by atoms with van der Waals surface area (Å²) < 4.78 is 0. The second kappa shape index (κ2) is 6.37. The lowest BCUT2D eigenvalue weighted by Crippen LogP contribution is -2.36. The number of nitrogens with zero attached hydrogens (tertiary/aromatic N) is 1. The fourth-order valence-electron chi connectivity index (χ4n) is 1.26. The van der Waals surface area contributed by atoms with Crippen LogP contribution in [-0.4, -0.2) is 30.9 Å². The number of amides is 1. The highest BCUT2D eigenvalue weighted by atomic mass is 32.1. The van der Waals surface area contributed by atoms with E-state index >= 15 is 0 Å². The Bertz CT molecular complexity index is 308. The van der Waals surface area contributed by atoms with Crippen molar-refractivity contribution >= 4 is 17.2 Å². The molecule has 1 aromatic rings. The van der Waals surface area contributed by atoms with Gasteiger partial charge in [-0.05, 0) is 18.5 Å². The van der Waals surface area contributed by atoms with Gasteiger partial charge in [-0.15, -0.1) is 17.9 Å². The van der Waals surface area contributed by atoms with Gasteiger partial charge in [-0.2, -0.15) is 0 Å². The first-order chi connectivity index (χ1) is 7.27. The normalized spacial score (nSPS) is 9.93. The highest BCUT2D eigenvalue weighted by molar-refractivity contribution is 7.09. The van der Waals surface area contributed by atoms with E-state index in [0.29, 0.717) is 19.6 Å². The first kappa shape index (κ1) is 11.9. The predicted molar refractivity (Wildman–Crippen MR) is 63.9 cm³/mol. The van der Waals surface area contributed by atoms with Crippen molar-refractivity contribution in [3.05, 3.63) is 35.0 Å². The third-order valence-electron chi connectivity index (χ3n) is 1.96. The van der Waals surface area contributed by atoms with Crippen LogP contribution in [0.4, 0.5) is 0 Å². The van der Waals surface area contributed by atoms with Crippen molar-refractivity contribution in [2.45, 2.75) is 6.54 Å². The molecule has 1 rings (SSSR count). The summed E-state index contributed by atoms with van der Waals surface area (Å²) in [6, 6.07) is 4.03.